The Morgan fingerprint density at radius 2 is 1.54 bits per heavy atom. The second kappa shape index (κ2) is 10.5. The number of benzene rings is 2. The normalized spacial score (nSPS) is 11.4. The molecule has 0 spiro atoms. The first-order chi connectivity index (χ1) is 12.7. The third-order valence-electron chi connectivity index (χ3n) is 4.44. The van der Waals surface area contributed by atoms with Gasteiger partial charge in [-0.05, 0) is 70.5 Å². The minimum absolute atomic E-state index is 0. The van der Waals surface area contributed by atoms with Crippen LogP contribution in [0, 0.1) is 13.8 Å². The van der Waals surface area contributed by atoms with Crippen molar-refractivity contribution >= 4 is 38.3 Å². The topological polar surface area (TPSA) is 35.5 Å². The molecule has 0 N–H and O–H groups in total. The summed E-state index contributed by atoms with van der Waals surface area (Å²) >= 11 is 0. The first-order valence-corrected chi connectivity index (χ1v) is 10.5. The summed E-state index contributed by atoms with van der Waals surface area (Å²) in [4.78, 5) is 13.1. The SMILES string of the molecule is CCOc1ccc(PC(=O)c2c(C)cc(C(C)(C)C)cc2C)c(OCC)c1.[LiH]. The van der Waals surface area contributed by atoms with Crippen LogP contribution in [0.1, 0.15) is 61.7 Å². The van der Waals surface area contributed by atoms with Crippen molar-refractivity contribution in [3.05, 3.63) is 52.6 Å². The molecule has 0 heterocycles. The summed E-state index contributed by atoms with van der Waals surface area (Å²) in [7, 11) is 0.0196. The second-order valence-electron chi connectivity index (χ2n) is 7.71. The molecule has 0 saturated carbocycles. The molecule has 2 rings (SSSR count). The molecule has 1 atom stereocenters. The number of ether oxygens (including phenoxy) is 2. The Balaban J connectivity index is 0.00000392. The summed E-state index contributed by atoms with van der Waals surface area (Å²) in [5, 5.41) is 0.920. The van der Waals surface area contributed by atoms with Crippen LogP contribution in [-0.4, -0.2) is 37.6 Å². The van der Waals surface area contributed by atoms with E-state index in [2.05, 4.69) is 32.9 Å². The van der Waals surface area contributed by atoms with Gasteiger partial charge in [-0.3, -0.25) is 4.79 Å². The van der Waals surface area contributed by atoms with Crippen molar-refractivity contribution in [2.45, 2.75) is 53.9 Å². The summed E-state index contributed by atoms with van der Waals surface area (Å²) in [6, 6.07) is 10.0. The van der Waals surface area contributed by atoms with Crippen LogP contribution in [0.5, 0.6) is 11.5 Å². The van der Waals surface area contributed by atoms with Crippen molar-refractivity contribution in [3.8, 4) is 11.5 Å². The maximum atomic E-state index is 13.1. The molecule has 0 radical (unpaired) electrons. The molecule has 5 heteroatoms. The van der Waals surface area contributed by atoms with Gasteiger partial charge >= 0.3 is 18.9 Å². The van der Waals surface area contributed by atoms with Crippen molar-refractivity contribution in [2.75, 3.05) is 13.2 Å². The second-order valence-corrected chi connectivity index (χ2v) is 8.96. The van der Waals surface area contributed by atoms with Crippen LogP contribution in [0.3, 0.4) is 0 Å². The van der Waals surface area contributed by atoms with Gasteiger partial charge in [0.25, 0.3) is 0 Å². The molecule has 0 bridgehead atoms. The zero-order valence-electron chi connectivity index (χ0n) is 17.5. The fourth-order valence-corrected chi connectivity index (χ4v) is 4.27. The molecule has 0 aliphatic heterocycles. The van der Waals surface area contributed by atoms with E-state index in [1.807, 2.05) is 45.9 Å². The number of carbonyl (C=O) groups is 1. The van der Waals surface area contributed by atoms with Gasteiger partial charge in [0.1, 0.15) is 11.5 Å². The fourth-order valence-electron chi connectivity index (χ4n) is 3.08. The molecule has 148 valence electrons. The number of hydrogen-bond donors (Lipinski definition) is 0. The van der Waals surface area contributed by atoms with Crippen LogP contribution in [0.15, 0.2) is 30.3 Å². The Morgan fingerprint density at radius 3 is 2.04 bits per heavy atom. The minimum atomic E-state index is 0. The number of aryl methyl sites for hydroxylation is 2. The van der Waals surface area contributed by atoms with Gasteiger partial charge in [-0.1, -0.05) is 32.9 Å². The van der Waals surface area contributed by atoms with E-state index in [1.165, 1.54) is 5.56 Å². The van der Waals surface area contributed by atoms with Crippen LogP contribution >= 0.6 is 8.58 Å². The zero-order chi connectivity index (χ0) is 20.2. The van der Waals surface area contributed by atoms with E-state index in [-0.39, 0.29) is 38.4 Å². The van der Waals surface area contributed by atoms with Crippen LogP contribution in [0.2, 0.25) is 0 Å². The summed E-state index contributed by atoms with van der Waals surface area (Å²) < 4.78 is 11.3. The Hall–Kier alpha value is -1.26. The third-order valence-corrected chi connectivity index (χ3v) is 5.60. The molecule has 0 saturated heterocycles. The average molecular weight is 394 g/mol. The maximum absolute atomic E-state index is 13.1. The summed E-state index contributed by atoms with van der Waals surface area (Å²) in [6.07, 6.45) is 0. The van der Waals surface area contributed by atoms with Crippen molar-refractivity contribution in [2.24, 2.45) is 0 Å². The van der Waals surface area contributed by atoms with E-state index in [4.69, 9.17) is 9.47 Å². The van der Waals surface area contributed by atoms with Gasteiger partial charge in [-0.2, -0.15) is 0 Å². The van der Waals surface area contributed by atoms with Crippen LogP contribution in [0.25, 0.3) is 0 Å². The molecule has 0 aliphatic carbocycles. The van der Waals surface area contributed by atoms with Gasteiger partial charge in [0.15, 0.2) is 5.52 Å². The molecule has 3 nitrogen and oxygen atoms in total. The molecule has 0 aromatic heterocycles. The van der Waals surface area contributed by atoms with E-state index in [0.29, 0.717) is 13.2 Å². The third kappa shape index (κ3) is 6.12. The van der Waals surface area contributed by atoms with Crippen molar-refractivity contribution in [1.82, 2.24) is 0 Å². The van der Waals surface area contributed by atoms with Gasteiger partial charge < -0.3 is 9.47 Å². The monoisotopic (exact) mass is 394 g/mol. The summed E-state index contributed by atoms with van der Waals surface area (Å²) in [5.74, 6) is 1.50. The molecule has 28 heavy (non-hydrogen) atoms. The summed E-state index contributed by atoms with van der Waals surface area (Å²) in [6.45, 7) is 15.7. The molecule has 2 aromatic rings. The molecule has 0 amide bonds. The van der Waals surface area contributed by atoms with E-state index in [9.17, 15) is 4.79 Å². The van der Waals surface area contributed by atoms with Gasteiger partial charge in [0.05, 0.1) is 13.2 Å². The van der Waals surface area contributed by atoms with E-state index >= 15 is 0 Å². The first-order valence-electron chi connectivity index (χ1n) is 9.50. The zero-order valence-corrected chi connectivity index (χ0v) is 18.5. The van der Waals surface area contributed by atoms with Gasteiger partial charge in [0.2, 0.25) is 0 Å². The standard InChI is InChI=1S/C23H31O3P.Li.H/c1-8-25-18-10-11-20(19(14-18)26-9-2)27-22(24)21-15(3)12-17(13-16(21)4)23(5,6)7;;/h10-14,27H,8-9H2,1-7H3;;. The van der Waals surface area contributed by atoms with Gasteiger partial charge in [0, 0.05) is 16.9 Å². The predicted octanol–water partition coefficient (Wildman–Crippen LogP) is 4.89. The fraction of sp³-hybridized carbons (Fsp3) is 0.435. The Morgan fingerprint density at radius 1 is 0.964 bits per heavy atom. The van der Waals surface area contributed by atoms with Crippen LogP contribution in [0.4, 0.5) is 0 Å². The molecule has 0 aliphatic rings. The number of carbonyl (C=O) groups excluding carboxylic acids is 1. The van der Waals surface area contributed by atoms with Crippen molar-refractivity contribution in [1.29, 1.82) is 0 Å². The van der Waals surface area contributed by atoms with Crippen LogP contribution < -0.4 is 14.8 Å². The Bertz CT molecular complexity index is 802. The van der Waals surface area contributed by atoms with Gasteiger partial charge in [-0.15, -0.1) is 0 Å². The van der Waals surface area contributed by atoms with E-state index in [0.717, 1.165) is 33.5 Å². The van der Waals surface area contributed by atoms with E-state index < -0.39 is 0 Å². The van der Waals surface area contributed by atoms with Crippen molar-refractivity contribution in [3.63, 3.8) is 0 Å². The molecule has 2 aromatic carbocycles. The van der Waals surface area contributed by atoms with Crippen LogP contribution in [-0.2, 0) is 5.41 Å². The number of rotatable bonds is 7. The molecule has 1 unspecified atom stereocenters. The van der Waals surface area contributed by atoms with Crippen molar-refractivity contribution < 1.29 is 14.3 Å². The average Bonchev–Trinajstić information content (AvgIpc) is 2.56. The summed E-state index contributed by atoms with van der Waals surface area (Å²) in [5.41, 5.74) is 4.39. The predicted molar refractivity (Wildman–Crippen MR) is 123 cm³/mol. The molecule has 0 fully saturated rings. The molecular weight excluding hydrogens is 362 g/mol. The van der Waals surface area contributed by atoms with E-state index in [1.54, 1.807) is 0 Å². The Kier molecular flexibility index (Phi) is 9.29. The number of hydrogen-bond acceptors (Lipinski definition) is 3. The quantitative estimate of drug-likeness (QED) is 0.495. The first kappa shape index (κ1) is 24.8. The Labute approximate surface area is 183 Å². The van der Waals surface area contributed by atoms with Gasteiger partial charge in [-0.25, -0.2) is 0 Å². The molecular formula is C23H32LiO3P.